The molecule has 0 bridgehead atoms. The van der Waals surface area contributed by atoms with Gasteiger partial charge in [0.1, 0.15) is 12.6 Å². The average molecular weight is 570 g/mol. The zero-order valence-electron chi connectivity index (χ0n) is 22.8. The Labute approximate surface area is 236 Å². The summed E-state index contributed by atoms with van der Waals surface area (Å²) in [6, 6.07) is 21.3. The van der Waals surface area contributed by atoms with Gasteiger partial charge in [0.05, 0.1) is 10.6 Å². The molecule has 0 aromatic heterocycles. The first-order valence-electron chi connectivity index (χ1n) is 13.1. The lowest BCUT2D eigenvalue weighted by atomic mass is 10.1. The molecule has 2 atom stereocenters. The van der Waals surface area contributed by atoms with Crippen molar-refractivity contribution in [3.63, 3.8) is 0 Å². The van der Waals surface area contributed by atoms with E-state index in [0.29, 0.717) is 11.4 Å². The van der Waals surface area contributed by atoms with Crippen molar-refractivity contribution in [2.45, 2.75) is 64.1 Å². The number of aryl methyl sites for hydroxylation is 1. The first-order valence-corrected chi connectivity index (χ1v) is 14.9. The van der Waals surface area contributed by atoms with Crippen LogP contribution in [0, 0.1) is 6.92 Å². The molecule has 3 aromatic rings. The highest BCUT2D eigenvalue weighted by molar-refractivity contribution is 7.92. The Hall–Kier alpha value is -3.36. The van der Waals surface area contributed by atoms with Gasteiger partial charge in [0.15, 0.2) is 0 Å². The van der Waals surface area contributed by atoms with Crippen molar-refractivity contribution in [3.8, 4) is 0 Å². The summed E-state index contributed by atoms with van der Waals surface area (Å²) in [5, 5.41) is 3.31. The Morgan fingerprint density at radius 1 is 0.923 bits per heavy atom. The van der Waals surface area contributed by atoms with E-state index in [4.69, 9.17) is 11.6 Å². The number of sulfonamides is 1. The van der Waals surface area contributed by atoms with Gasteiger partial charge in [0.25, 0.3) is 10.0 Å². The summed E-state index contributed by atoms with van der Waals surface area (Å²) >= 11 is 6.22. The summed E-state index contributed by atoms with van der Waals surface area (Å²) in [4.78, 5) is 28.8. The molecule has 208 valence electrons. The SMILES string of the molecule is CC[C@H](C(=O)N[C@@H](C)CC)N(Cc1ccccc1)C(=O)CN(c1cccc(Cl)c1)S(=O)(=O)c1ccc(C)cc1. The van der Waals surface area contributed by atoms with Crippen LogP contribution in [0.15, 0.2) is 83.8 Å². The van der Waals surface area contributed by atoms with Crippen LogP contribution in [0.4, 0.5) is 5.69 Å². The summed E-state index contributed by atoms with van der Waals surface area (Å²) in [6.07, 6.45) is 1.11. The van der Waals surface area contributed by atoms with E-state index in [-0.39, 0.29) is 29.1 Å². The van der Waals surface area contributed by atoms with E-state index in [2.05, 4.69) is 5.32 Å². The minimum Gasteiger partial charge on any atom is -0.352 e. The third-order valence-corrected chi connectivity index (χ3v) is 8.59. The molecule has 7 nitrogen and oxygen atoms in total. The van der Waals surface area contributed by atoms with E-state index in [1.54, 1.807) is 30.3 Å². The Bertz CT molecular complexity index is 1360. The number of amides is 2. The molecule has 0 aliphatic heterocycles. The maximum atomic E-state index is 14.0. The molecule has 0 fully saturated rings. The molecular weight excluding hydrogens is 534 g/mol. The Morgan fingerprint density at radius 3 is 2.18 bits per heavy atom. The van der Waals surface area contributed by atoms with Gasteiger partial charge < -0.3 is 10.2 Å². The maximum Gasteiger partial charge on any atom is 0.264 e. The van der Waals surface area contributed by atoms with Gasteiger partial charge in [-0.05, 0) is 62.6 Å². The number of rotatable bonds is 12. The van der Waals surface area contributed by atoms with Crippen LogP contribution in [0.1, 0.15) is 44.7 Å². The standard InChI is InChI=1S/C30H36ClN3O4S/c1-5-23(4)32-30(36)28(6-2)33(20-24-11-8-7-9-12-24)29(35)21-34(26-14-10-13-25(31)19-26)39(37,38)27-17-15-22(3)16-18-27/h7-19,23,28H,5-6,20-21H2,1-4H3,(H,32,36)/t23-,28+/m0/s1. The fourth-order valence-corrected chi connectivity index (χ4v) is 5.73. The number of hydrogen-bond acceptors (Lipinski definition) is 4. The Morgan fingerprint density at radius 2 is 1.59 bits per heavy atom. The predicted octanol–water partition coefficient (Wildman–Crippen LogP) is 5.57. The first-order chi connectivity index (χ1) is 18.6. The molecule has 0 spiro atoms. The third-order valence-electron chi connectivity index (χ3n) is 6.57. The highest BCUT2D eigenvalue weighted by atomic mass is 35.5. The van der Waals surface area contributed by atoms with E-state index < -0.39 is 28.5 Å². The molecular formula is C30H36ClN3O4S. The van der Waals surface area contributed by atoms with Gasteiger partial charge in [0.2, 0.25) is 11.8 Å². The van der Waals surface area contributed by atoms with Crippen LogP contribution in [-0.4, -0.2) is 43.8 Å². The van der Waals surface area contributed by atoms with Gasteiger partial charge in [-0.1, -0.05) is 79.5 Å². The van der Waals surface area contributed by atoms with E-state index in [9.17, 15) is 18.0 Å². The number of hydrogen-bond donors (Lipinski definition) is 1. The molecule has 0 unspecified atom stereocenters. The second kappa shape index (κ2) is 13.6. The highest BCUT2D eigenvalue weighted by Crippen LogP contribution is 2.27. The van der Waals surface area contributed by atoms with Crippen LogP contribution < -0.4 is 9.62 Å². The molecule has 0 aliphatic rings. The minimum absolute atomic E-state index is 0.0528. The van der Waals surface area contributed by atoms with Crippen LogP contribution in [0.5, 0.6) is 0 Å². The van der Waals surface area contributed by atoms with Crippen molar-refractivity contribution in [1.29, 1.82) is 0 Å². The number of anilines is 1. The second-order valence-corrected chi connectivity index (χ2v) is 11.9. The molecule has 1 N–H and O–H groups in total. The van der Waals surface area contributed by atoms with Gasteiger partial charge in [-0.15, -0.1) is 0 Å². The quantitative estimate of drug-likeness (QED) is 0.309. The van der Waals surface area contributed by atoms with Crippen LogP contribution in [0.3, 0.4) is 0 Å². The lowest BCUT2D eigenvalue weighted by Gasteiger charge is -2.33. The number of carbonyl (C=O) groups excluding carboxylic acids is 2. The average Bonchev–Trinajstić information content (AvgIpc) is 2.92. The van der Waals surface area contributed by atoms with Gasteiger partial charge in [0, 0.05) is 17.6 Å². The predicted molar refractivity (Wildman–Crippen MR) is 156 cm³/mol. The minimum atomic E-state index is -4.14. The lowest BCUT2D eigenvalue weighted by molar-refractivity contribution is -0.140. The lowest BCUT2D eigenvalue weighted by Crippen LogP contribution is -2.53. The fourth-order valence-electron chi connectivity index (χ4n) is 4.14. The highest BCUT2D eigenvalue weighted by Gasteiger charge is 2.34. The van der Waals surface area contributed by atoms with Crippen LogP contribution >= 0.6 is 11.6 Å². The van der Waals surface area contributed by atoms with Crippen molar-refractivity contribution in [1.82, 2.24) is 10.2 Å². The fraction of sp³-hybridized carbons (Fsp3) is 0.333. The van der Waals surface area contributed by atoms with E-state index >= 15 is 0 Å². The van der Waals surface area contributed by atoms with Gasteiger partial charge >= 0.3 is 0 Å². The number of benzene rings is 3. The molecule has 0 heterocycles. The van der Waals surface area contributed by atoms with Crippen molar-refractivity contribution in [3.05, 3.63) is 95.0 Å². The summed E-state index contributed by atoms with van der Waals surface area (Å²) in [5.74, 6) is -0.771. The molecule has 0 aliphatic carbocycles. The van der Waals surface area contributed by atoms with Crippen molar-refractivity contribution in [2.75, 3.05) is 10.8 Å². The normalized spacial score (nSPS) is 12.8. The third kappa shape index (κ3) is 7.83. The number of nitrogens with zero attached hydrogens (tertiary/aromatic N) is 2. The largest absolute Gasteiger partial charge is 0.352 e. The van der Waals surface area contributed by atoms with Crippen molar-refractivity contribution in [2.24, 2.45) is 0 Å². The first kappa shape index (κ1) is 30.2. The summed E-state index contributed by atoms with van der Waals surface area (Å²) in [7, 11) is -4.14. The van der Waals surface area contributed by atoms with Crippen LogP contribution in [-0.2, 0) is 26.2 Å². The van der Waals surface area contributed by atoms with Crippen molar-refractivity contribution >= 4 is 39.1 Å². The van der Waals surface area contributed by atoms with Crippen molar-refractivity contribution < 1.29 is 18.0 Å². The molecule has 3 aromatic carbocycles. The van der Waals surface area contributed by atoms with Gasteiger partial charge in [-0.25, -0.2) is 8.42 Å². The Kier molecular flexibility index (Phi) is 10.5. The van der Waals surface area contributed by atoms with Gasteiger partial charge in [-0.3, -0.25) is 13.9 Å². The van der Waals surface area contributed by atoms with Crippen LogP contribution in [0.25, 0.3) is 0 Å². The Balaban J connectivity index is 2.04. The zero-order valence-corrected chi connectivity index (χ0v) is 24.4. The molecule has 39 heavy (non-hydrogen) atoms. The molecule has 0 radical (unpaired) electrons. The molecule has 9 heteroatoms. The number of carbonyl (C=O) groups is 2. The summed E-state index contributed by atoms with van der Waals surface area (Å²) < 4.78 is 28.8. The molecule has 2 amide bonds. The van der Waals surface area contributed by atoms with Gasteiger partial charge in [-0.2, -0.15) is 0 Å². The van der Waals surface area contributed by atoms with E-state index in [1.165, 1.54) is 23.1 Å². The second-order valence-electron chi connectivity index (χ2n) is 9.55. The number of nitrogens with one attached hydrogen (secondary N) is 1. The molecule has 0 saturated carbocycles. The maximum absolute atomic E-state index is 14.0. The van der Waals surface area contributed by atoms with Crippen LogP contribution in [0.2, 0.25) is 5.02 Å². The summed E-state index contributed by atoms with van der Waals surface area (Å²) in [6.45, 7) is 7.23. The topological polar surface area (TPSA) is 86.8 Å². The molecule has 0 saturated heterocycles. The van der Waals surface area contributed by atoms with E-state index in [1.807, 2.05) is 58.0 Å². The monoisotopic (exact) mass is 569 g/mol. The summed E-state index contributed by atoms with van der Waals surface area (Å²) in [5.41, 5.74) is 2.00. The smallest absolute Gasteiger partial charge is 0.264 e. The zero-order chi connectivity index (χ0) is 28.6. The molecule has 3 rings (SSSR count). The number of halogens is 1. The van der Waals surface area contributed by atoms with E-state index in [0.717, 1.165) is 21.9 Å².